The molecule has 2 N–H and O–H groups in total. The number of carboxylic acid groups (broad SMARTS) is 1. The lowest BCUT2D eigenvalue weighted by atomic mass is 10.4. The molecule has 0 atom stereocenters. The number of amides is 1. The van der Waals surface area contributed by atoms with E-state index in [1.54, 1.807) is 12.1 Å². The maximum atomic E-state index is 9.83. The number of rotatable bonds is 3. The van der Waals surface area contributed by atoms with E-state index in [4.69, 9.17) is 10.4 Å². The van der Waals surface area contributed by atoms with E-state index in [-0.39, 0.29) is 0 Å². The molecule has 1 amide bonds. The third-order valence-corrected chi connectivity index (χ3v) is 0.780. The van der Waals surface area contributed by atoms with E-state index in [1.165, 1.54) is 6.08 Å². The van der Waals surface area contributed by atoms with Gasteiger partial charge in [0.05, 0.1) is 6.07 Å². The molecule has 0 aliphatic heterocycles. The number of nitrogens with zero attached hydrogens (tertiary/aromatic N) is 1. The zero-order chi connectivity index (χ0) is 7.82. The number of nitriles is 1. The largest absolute Gasteiger partial charge is 0.465 e. The lowest BCUT2D eigenvalue weighted by molar-refractivity contribution is 0.194. The van der Waals surface area contributed by atoms with Gasteiger partial charge in [-0.15, -0.1) is 0 Å². The van der Waals surface area contributed by atoms with Crippen LogP contribution in [0.3, 0.4) is 0 Å². The van der Waals surface area contributed by atoms with Gasteiger partial charge in [-0.25, -0.2) is 4.79 Å². The summed E-state index contributed by atoms with van der Waals surface area (Å²) >= 11 is 0. The van der Waals surface area contributed by atoms with E-state index >= 15 is 0 Å². The summed E-state index contributed by atoms with van der Waals surface area (Å²) in [5, 5.41) is 18.2. The Bertz CT molecular complexity index is 169. The van der Waals surface area contributed by atoms with Crippen molar-refractivity contribution in [3.05, 3.63) is 12.2 Å². The van der Waals surface area contributed by atoms with Crippen molar-refractivity contribution in [3.8, 4) is 6.07 Å². The van der Waals surface area contributed by atoms with Gasteiger partial charge in [-0.2, -0.15) is 5.26 Å². The SMILES string of the molecule is N#CC=CCCNC(=O)O. The molecular weight excluding hydrogens is 132 g/mol. The molecule has 0 saturated carbocycles. The maximum absolute atomic E-state index is 9.83. The van der Waals surface area contributed by atoms with E-state index < -0.39 is 6.09 Å². The number of allylic oxidation sites excluding steroid dienone is 1. The molecule has 0 saturated heterocycles. The normalized spacial score (nSPS) is 9.10. The van der Waals surface area contributed by atoms with E-state index in [0.717, 1.165) is 0 Å². The monoisotopic (exact) mass is 140 g/mol. The van der Waals surface area contributed by atoms with Gasteiger partial charge < -0.3 is 10.4 Å². The first kappa shape index (κ1) is 8.50. The van der Waals surface area contributed by atoms with Crippen LogP contribution in [0.5, 0.6) is 0 Å². The van der Waals surface area contributed by atoms with E-state index in [0.29, 0.717) is 13.0 Å². The number of hydrogen-bond acceptors (Lipinski definition) is 2. The standard InChI is InChI=1S/C6H8N2O2/c7-4-2-1-3-5-8-6(9)10/h1-2,8H,3,5H2,(H,9,10). The van der Waals surface area contributed by atoms with Gasteiger partial charge in [-0.05, 0) is 6.42 Å². The predicted molar refractivity (Wildman–Crippen MR) is 35.4 cm³/mol. The van der Waals surface area contributed by atoms with E-state index in [9.17, 15) is 4.79 Å². The Hall–Kier alpha value is -1.50. The van der Waals surface area contributed by atoms with Crippen LogP contribution in [-0.4, -0.2) is 17.7 Å². The lowest BCUT2D eigenvalue weighted by Crippen LogP contribution is -2.21. The first-order chi connectivity index (χ1) is 4.77. The summed E-state index contributed by atoms with van der Waals surface area (Å²) in [6.45, 7) is 0.355. The molecule has 0 heterocycles. The van der Waals surface area contributed by atoms with Gasteiger partial charge >= 0.3 is 6.09 Å². The molecule has 0 aliphatic carbocycles. The second-order valence-electron chi connectivity index (χ2n) is 1.55. The fraction of sp³-hybridized carbons (Fsp3) is 0.333. The molecule has 0 radical (unpaired) electrons. The fourth-order valence-corrected chi connectivity index (χ4v) is 0.398. The Balaban J connectivity index is 3.15. The smallest absolute Gasteiger partial charge is 0.404 e. The van der Waals surface area contributed by atoms with Crippen molar-refractivity contribution in [2.24, 2.45) is 0 Å². The molecule has 0 bridgehead atoms. The molecule has 0 rings (SSSR count). The average molecular weight is 140 g/mol. The van der Waals surface area contributed by atoms with Gasteiger partial charge in [0, 0.05) is 12.6 Å². The second-order valence-corrected chi connectivity index (χ2v) is 1.55. The summed E-state index contributed by atoms with van der Waals surface area (Å²) in [4.78, 5) is 9.83. The topological polar surface area (TPSA) is 73.1 Å². The summed E-state index contributed by atoms with van der Waals surface area (Å²) in [5.41, 5.74) is 0. The summed E-state index contributed by atoms with van der Waals surface area (Å²) in [5.74, 6) is 0. The van der Waals surface area contributed by atoms with Crippen LogP contribution >= 0.6 is 0 Å². The van der Waals surface area contributed by atoms with Crippen molar-refractivity contribution in [1.29, 1.82) is 5.26 Å². The third-order valence-electron chi connectivity index (χ3n) is 0.780. The van der Waals surface area contributed by atoms with Crippen molar-refractivity contribution < 1.29 is 9.90 Å². The lowest BCUT2D eigenvalue weighted by Gasteiger charge is -1.93. The Morgan fingerprint density at radius 2 is 2.50 bits per heavy atom. The molecule has 0 fully saturated rings. The molecule has 0 aromatic carbocycles. The first-order valence-electron chi connectivity index (χ1n) is 2.79. The van der Waals surface area contributed by atoms with Crippen LogP contribution in [0.15, 0.2) is 12.2 Å². The molecule has 4 heteroatoms. The molecule has 0 aromatic rings. The number of carbonyl (C=O) groups is 1. The van der Waals surface area contributed by atoms with Crippen molar-refractivity contribution in [1.82, 2.24) is 5.32 Å². The molecule has 0 unspecified atom stereocenters. The van der Waals surface area contributed by atoms with Crippen molar-refractivity contribution in [2.45, 2.75) is 6.42 Å². The minimum atomic E-state index is -1.04. The van der Waals surface area contributed by atoms with Crippen LogP contribution < -0.4 is 5.32 Å². The molecule has 0 aliphatic rings. The fourth-order valence-electron chi connectivity index (χ4n) is 0.398. The second kappa shape index (κ2) is 5.63. The summed E-state index contributed by atoms with van der Waals surface area (Å²) in [6, 6.07) is 1.80. The van der Waals surface area contributed by atoms with Crippen molar-refractivity contribution >= 4 is 6.09 Å². The van der Waals surface area contributed by atoms with Gasteiger partial charge in [0.1, 0.15) is 0 Å². The van der Waals surface area contributed by atoms with Crippen LogP contribution in [0, 0.1) is 11.3 Å². The van der Waals surface area contributed by atoms with Gasteiger partial charge in [-0.3, -0.25) is 0 Å². The molecule has 54 valence electrons. The first-order valence-corrected chi connectivity index (χ1v) is 2.79. The molecule has 0 aromatic heterocycles. The molecule has 10 heavy (non-hydrogen) atoms. The number of hydrogen-bond donors (Lipinski definition) is 2. The van der Waals surface area contributed by atoms with Gasteiger partial charge in [0.2, 0.25) is 0 Å². The predicted octanol–water partition coefficient (Wildman–Crippen LogP) is 0.724. The van der Waals surface area contributed by atoms with Gasteiger partial charge in [0.25, 0.3) is 0 Å². The van der Waals surface area contributed by atoms with E-state index in [1.807, 2.05) is 0 Å². The third kappa shape index (κ3) is 6.50. The quantitative estimate of drug-likeness (QED) is 0.448. The minimum Gasteiger partial charge on any atom is -0.465 e. The van der Waals surface area contributed by atoms with Crippen LogP contribution in [-0.2, 0) is 0 Å². The average Bonchev–Trinajstić information content (AvgIpc) is 1.87. The van der Waals surface area contributed by atoms with Gasteiger partial charge in [0.15, 0.2) is 0 Å². The Morgan fingerprint density at radius 1 is 1.80 bits per heavy atom. The van der Waals surface area contributed by atoms with Gasteiger partial charge in [-0.1, -0.05) is 6.08 Å². The minimum absolute atomic E-state index is 0.355. The Morgan fingerprint density at radius 3 is 3.00 bits per heavy atom. The van der Waals surface area contributed by atoms with Crippen LogP contribution in [0.4, 0.5) is 4.79 Å². The highest BCUT2D eigenvalue weighted by Gasteiger charge is 1.88. The zero-order valence-corrected chi connectivity index (χ0v) is 5.37. The van der Waals surface area contributed by atoms with Crippen LogP contribution in [0.1, 0.15) is 6.42 Å². The highest BCUT2D eigenvalue weighted by Crippen LogP contribution is 1.78. The Labute approximate surface area is 58.8 Å². The van der Waals surface area contributed by atoms with Crippen molar-refractivity contribution in [2.75, 3.05) is 6.54 Å². The highest BCUT2D eigenvalue weighted by atomic mass is 16.4. The van der Waals surface area contributed by atoms with Crippen molar-refractivity contribution in [3.63, 3.8) is 0 Å². The highest BCUT2D eigenvalue weighted by molar-refractivity contribution is 5.64. The summed E-state index contributed by atoms with van der Waals surface area (Å²) in [7, 11) is 0. The molecule has 0 spiro atoms. The molecular formula is C6H8N2O2. The summed E-state index contributed by atoms with van der Waals surface area (Å²) < 4.78 is 0. The zero-order valence-electron chi connectivity index (χ0n) is 5.37. The maximum Gasteiger partial charge on any atom is 0.404 e. The van der Waals surface area contributed by atoms with Crippen LogP contribution in [0.2, 0.25) is 0 Å². The Kier molecular flexibility index (Phi) is 4.79. The van der Waals surface area contributed by atoms with Crippen LogP contribution in [0.25, 0.3) is 0 Å². The summed E-state index contributed by atoms with van der Waals surface area (Å²) in [6.07, 6.45) is 2.45. The molecule has 4 nitrogen and oxygen atoms in total. The van der Waals surface area contributed by atoms with E-state index in [2.05, 4.69) is 5.32 Å². The number of nitrogens with one attached hydrogen (secondary N) is 1.